The van der Waals surface area contributed by atoms with Gasteiger partial charge in [-0.1, -0.05) is 223 Å². The van der Waals surface area contributed by atoms with Crippen LogP contribution >= 0.6 is 7.82 Å². The van der Waals surface area contributed by atoms with E-state index in [0.717, 1.165) is 57.8 Å². The highest BCUT2D eigenvalue weighted by molar-refractivity contribution is 7.47. The van der Waals surface area contributed by atoms with Gasteiger partial charge in [0.15, 0.2) is 0 Å². The smallest absolute Gasteiger partial charge is 0.387 e. The number of nitrogens with zero attached hydrogens (tertiary/aromatic N) is 1. The molecule has 0 bridgehead atoms. The largest absolute Gasteiger partial charge is 0.472 e. The van der Waals surface area contributed by atoms with Gasteiger partial charge < -0.3 is 19.8 Å². The Bertz CT molecular complexity index is 1200. The maximum atomic E-state index is 12.9. The highest BCUT2D eigenvalue weighted by Crippen LogP contribution is 2.43. The molecule has 3 unspecified atom stereocenters. The van der Waals surface area contributed by atoms with Crippen LogP contribution < -0.4 is 5.32 Å². The molecule has 3 N–H and O–H groups in total. The Morgan fingerprint density at radius 1 is 0.508 bits per heavy atom. The number of amides is 1. The zero-order valence-corrected chi connectivity index (χ0v) is 44.4. The van der Waals surface area contributed by atoms with Gasteiger partial charge in [-0.3, -0.25) is 13.8 Å². The highest BCUT2D eigenvalue weighted by Gasteiger charge is 2.27. The van der Waals surface area contributed by atoms with Crippen LogP contribution in [-0.2, 0) is 18.4 Å². The second-order valence-corrected chi connectivity index (χ2v) is 21.4. The molecule has 8 nitrogen and oxygen atoms in total. The van der Waals surface area contributed by atoms with Crippen molar-refractivity contribution in [2.45, 2.75) is 264 Å². The summed E-state index contributed by atoms with van der Waals surface area (Å²) >= 11 is 0. The summed E-state index contributed by atoms with van der Waals surface area (Å²) in [6.45, 7) is 4.79. The minimum atomic E-state index is -4.36. The first kappa shape index (κ1) is 63.5. The predicted octanol–water partition coefficient (Wildman–Crippen LogP) is 16.4. The van der Waals surface area contributed by atoms with Crippen molar-refractivity contribution in [2.75, 3.05) is 40.9 Å². The van der Waals surface area contributed by atoms with Gasteiger partial charge in [-0.15, -0.1) is 0 Å². The molecule has 0 fully saturated rings. The van der Waals surface area contributed by atoms with E-state index >= 15 is 0 Å². The number of allylic oxidation sites excluding steroid dienone is 7. The molecule has 1 amide bonds. The van der Waals surface area contributed by atoms with E-state index in [-0.39, 0.29) is 19.1 Å². The van der Waals surface area contributed by atoms with E-state index in [9.17, 15) is 19.4 Å². The Kier molecular flexibility index (Phi) is 46.4. The molecule has 0 aromatic carbocycles. The molecule has 0 rings (SSSR count). The predicted molar refractivity (Wildman–Crippen MR) is 281 cm³/mol. The number of aliphatic hydroxyl groups excluding tert-OH is 1. The molecule has 0 aliphatic rings. The van der Waals surface area contributed by atoms with Gasteiger partial charge in [0, 0.05) is 6.42 Å². The fourth-order valence-corrected chi connectivity index (χ4v) is 8.63. The van der Waals surface area contributed by atoms with Crippen LogP contribution in [-0.4, -0.2) is 73.4 Å². The summed E-state index contributed by atoms with van der Waals surface area (Å²) in [5, 5.41) is 13.9. The van der Waals surface area contributed by atoms with Gasteiger partial charge in [0.1, 0.15) is 13.2 Å². The number of likely N-dealkylation sites (N-methyl/N-ethyl adjacent to an activating group) is 1. The van der Waals surface area contributed by atoms with Crippen LogP contribution in [0.25, 0.3) is 0 Å². The topological polar surface area (TPSA) is 105 Å². The van der Waals surface area contributed by atoms with Crippen LogP contribution in [0.4, 0.5) is 0 Å². The van der Waals surface area contributed by atoms with Gasteiger partial charge >= 0.3 is 7.82 Å². The number of aliphatic hydroxyl groups is 1. The Morgan fingerprint density at radius 3 is 1.23 bits per heavy atom. The zero-order chi connectivity index (χ0) is 47.8. The van der Waals surface area contributed by atoms with E-state index in [1.54, 1.807) is 6.08 Å². The van der Waals surface area contributed by atoms with Gasteiger partial charge in [-0.05, 0) is 70.6 Å². The van der Waals surface area contributed by atoms with E-state index in [4.69, 9.17) is 9.05 Å². The summed E-state index contributed by atoms with van der Waals surface area (Å²) in [4.78, 5) is 23.2. The van der Waals surface area contributed by atoms with Crippen molar-refractivity contribution in [2.24, 2.45) is 0 Å². The first-order valence-electron chi connectivity index (χ1n) is 27.5. The van der Waals surface area contributed by atoms with Gasteiger partial charge in [0.2, 0.25) is 5.91 Å². The van der Waals surface area contributed by atoms with Gasteiger partial charge in [-0.25, -0.2) is 4.57 Å². The SMILES string of the molecule is CCCCCCCC/C=C\CCCCCCCC(=O)NC(COP(=O)(O)OCC[N+](C)(C)C)C(O)/C=C/CC/C=C/CC/C=C/CCCCCCCCCCCCCCCCCCCC. The Labute approximate surface area is 403 Å². The van der Waals surface area contributed by atoms with Crippen LogP contribution in [0.5, 0.6) is 0 Å². The van der Waals surface area contributed by atoms with Gasteiger partial charge in [0.25, 0.3) is 0 Å². The fraction of sp³-hybridized carbons (Fsp3) is 0.839. The summed E-state index contributed by atoms with van der Waals surface area (Å²) in [7, 11) is 1.54. The average Bonchev–Trinajstić information content (AvgIpc) is 3.26. The molecule has 0 heterocycles. The van der Waals surface area contributed by atoms with Gasteiger partial charge in [0.05, 0.1) is 39.9 Å². The van der Waals surface area contributed by atoms with Crippen molar-refractivity contribution < 1.29 is 32.9 Å². The molecular weight excluding hydrogens is 828 g/mol. The van der Waals surface area contributed by atoms with Crippen molar-refractivity contribution in [1.82, 2.24) is 5.32 Å². The molecule has 0 aliphatic carbocycles. The number of carbonyl (C=O) groups excluding carboxylic acids is 1. The molecule has 9 heteroatoms. The number of rotatable bonds is 50. The minimum Gasteiger partial charge on any atom is -0.387 e. The maximum absolute atomic E-state index is 12.9. The second kappa shape index (κ2) is 47.5. The molecule has 0 spiro atoms. The lowest BCUT2D eigenvalue weighted by atomic mass is 10.0. The van der Waals surface area contributed by atoms with E-state index in [2.05, 4.69) is 55.6 Å². The molecule has 0 saturated heterocycles. The summed E-state index contributed by atoms with van der Waals surface area (Å²) in [5.74, 6) is -0.199. The van der Waals surface area contributed by atoms with Crippen LogP contribution in [0.1, 0.15) is 251 Å². The van der Waals surface area contributed by atoms with Crippen LogP contribution in [0, 0.1) is 0 Å². The number of phosphoric ester groups is 1. The quantitative estimate of drug-likeness (QED) is 0.0243. The minimum absolute atomic E-state index is 0.0513. The number of carbonyl (C=O) groups is 1. The second-order valence-electron chi connectivity index (χ2n) is 19.9. The van der Waals surface area contributed by atoms with Crippen LogP contribution in [0.3, 0.4) is 0 Å². The van der Waals surface area contributed by atoms with Crippen LogP contribution in [0.2, 0.25) is 0 Å². The number of hydrogen-bond acceptors (Lipinski definition) is 5. The first-order valence-corrected chi connectivity index (χ1v) is 29.0. The number of nitrogens with one attached hydrogen (secondary N) is 1. The van der Waals surface area contributed by atoms with Crippen molar-refractivity contribution in [3.05, 3.63) is 48.6 Å². The third-order valence-corrected chi connectivity index (χ3v) is 13.2. The zero-order valence-electron chi connectivity index (χ0n) is 43.5. The summed E-state index contributed by atoms with van der Waals surface area (Å²) < 4.78 is 23.6. The molecule has 65 heavy (non-hydrogen) atoms. The average molecular weight is 936 g/mol. The molecule has 0 aromatic rings. The molecule has 0 radical (unpaired) electrons. The van der Waals surface area contributed by atoms with E-state index < -0.39 is 20.0 Å². The standard InChI is InChI=1S/C56H107N2O6P/c1-6-8-10-12-14-16-18-20-22-23-24-25-26-27-28-29-30-31-32-33-34-36-37-39-41-43-45-47-49-55(59)54(53-64-65(61,62)63-52-51-58(3,4)5)57-56(60)50-48-46-44-42-40-38-35-21-19-17-15-13-11-9-7-2/h21,33-35,39,41,47,49,54-55,59H,6-20,22-32,36-38,40,42-46,48,50-53H2,1-5H3,(H-,57,60,61,62)/p+1/b34-33+,35-21-,41-39+,49-47+. The fourth-order valence-electron chi connectivity index (χ4n) is 7.89. The lowest BCUT2D eigenvalue weighted by Gasteiger charge is -2.25. The molecule has 382 valence electrons. The van der Waals surface area contributed by atoms with Crippen LogP contribution in [0.15, 0.2) is 48.6 Å². The van der Waals surface area contributed by atoms with Crippen molar-refractivity contribution in [3.8, 4) is 0 Å². The maximum Gasteiger partial charge on any atom is 0.472 e. The Morgan fingerprint density at radius 2 is 0.846 bits per heavy atom. The van der Waals surface area contributed by atoms with Crippen molar-refractivity contribution in [3.63, 3.8) is 0 Å². The van der Waals surface area contributed by atoms with E-state index in [0.29, 0.717) is 17.4 Å². The number of phosphoric acid groups is 1. The lowest BCUT2D eigenvalue weighted by Crippen LogP contribution is -2.45. The number of quaternary nitrogens is 1. The van der Waals surface area contributed by atoms with E-state index in [1.165, 1.54) is 173 Å². The van der Waals surface area contributed by atoms with E-state index in [1.807, 2.05) is 27.2 Å². The third kappa shape index (κ3) is 50.2. The van der Waals surface area contributed by atoms with Crippen molar-refractivity contribution >= 4 is 13.7 Å². The lowest BCUT2D eigenvalue weighted by molar-refractivity contribution is -0.870. The number of hydrogen-bond donors (Lipinski definition) is 3. The van der Waals surface area contributed by atoms with Crippen molar-refractivity contribution in [1.29, 1.82) is 0 Å². The molecule has 3 atom stereocenters. The molecule has 0 aliphatic heterocycles. The molecule has 0 aromatic heterocycles. The Hall–Kier alpha value is -1.54. The monoisotopic (exact) mass is 936 g/mol. The first-order chi connectivity index (χ1) is 31.5. The summed E-state index contributed by atoms with van der Waals surface area (Å²) in [5.41, 5.74) is 0. The summed E-state index contributed by atoms with van der Waals surface area (Å²) in [6.07, 6.45) is 62.2. The summed E-state index contributed by atoms with van der Waals surface area (Å²) in [6, 6.07) is -0.874. The van der Waals surface area contributed by atoms with Gasteiger partial charge in [-0.2, -0.15) is 0 Å². The normalized spacial score (nSPS) is 14.4. The highest BCUT2D eigenvalue weighted by atomic mass is 31.2. The third-order valence-electron chi connectivity index (χ3n) is 12.2. The number of unbranched alkanes of at least 4 members (excludes halogenated alkanes) is 31. The molecule has 0 saturated carbocycles. The molecular formula is C56H108N2O6P+. The Balaban J connectivity index is 4.28.